The van der Waals surface area contributed by atoms with E-state index in [1.807, 2.05) is 0 Å². The van der Waals surface area contributed by atoms with Gasteiger partial charge in [-0.1, -0.05) is 27.7 Å². The molecule has 78 valence electrons. The first kappa shape index (κ1) is 11.0. The Morgan fingerprint density at radius 1 is 1.31 bits per heavy atom. The zero-order valence-electron chi connectivity index (χ0n) is 9.85. The first-order chi connectivity index (χ1) is 5.96. The summed E-state index contributed by atoms with van der Waals surface area (Å²) in [7, 11) is 2.11. The average molecular weight is 183 g/mol. The first-order valence-electron chi connectivity index (χ1n) is 5.63. The number of nitrogens with one attached hydrogen (secondary N) is 1. The third-order valence-corrected chi connectivity index (χ3v) is 3.57. The van der Waals surface area contributed by atoms with Gasteiger partial charge in [0.05, 0.1) is 0 Å². The maximum absolute atomic E-state index is 3.48. The fourth-order valence-electron chi connectivity index (χ4n) is 2.91. The topological polar surface area (TPSA) is 12.0 Å². The molecular formula is C12H25N. The Kier molecular flexibility index (Phi) is 3.39. The molecule has 0 bridgehead atoms. The van der Waals surface area contributed by atoms with Gasteiger partial charge in [-0.15, -0.1) is 0 Å². The van der Waals surface area contributed by atoms with E-state index in [9.17, 15) is 0 Å². The Balaban J connectivity index is 2.53. The summed E-state index contributed by atoms with van der Waals surface area (Å²) in [5.41, 5.74) is 0.592. The van der Waals surface area contributed by atoms with Gasteiger partial charge in [-0.05, 0) is 43.6 Å². The molecule has 0 aromatic heterocycles. The van der Waals surface area contributed by atoms with Crippen LogP contribution in [0.3, 0.4) is 0 Å². The third-order valence-electron chi connectivity index (χ3n) is 3.57. The van der Waals surface area contributed by atoms with Crippen molar-refractivity contribution < 1.29 is 0 Å². The molecule has 2 unspecified atom stereocenters. The molecule has 1 saturated carbocycles. The Hall–Kier alpha value is -0.0400. The molecule has 1 rings (SSSR count). The van der Waals surface area contributed by atoms with Crippen molar-refractivity contribution in [3.8, 4) is 0 Å². The van der Waals surface area contributed by atoms with Crippen LogP contribution in [-0.4, -0.2) is 13.1 Å². The quantitative estimate of drug-likeness (QED) is 0.709. The summed E-state index contributed by atoms with van der Waals surface area (Å²) >= 11 is 0. The molecule has 1 aliphatic carbocycles. The van der Waals surface area contributed by atoms with Crippen LogP contribution < -0.4 is 5.32 Å². The second-order valence-electron chi connectivity index (χ2n) is 5.73. The molecule has 0 aromatic carbocycles. The third kappa shape index (κ3) is 2.70. The molecule has 2 atom stereocenters. The van der Waals surface area contributed by atoms with Crippen LogP contribution in [0.25, 0.3) is 0 Å². The molecule has 0 heterocycles. The van der Waals surface area contributed by atoms with Crippen molar-refractivity contribution in [2.45, 2.75) is 53.0 Å². The minimum absolute atomic E-state index is 0.592. The predicted octanol–water partition coefficient (Wildman–Crippen LogP) is 3.06. The van der Waals surface area contributed by atoms with Gasteiger partial charge in [-0.3, -0.25) is 0 Å². The van der Waals surface area contributed by atoms with Crippen LogP contribution >= 0.6 is 0 Å². The molecule has 1 aliphatic rings. The summed E-state index contributed by atoms with van der Waals surface area (Å²) < 4.78 is 0. The van der Waals surface area contributed by atoms with Crippen molar-refractivity contribution in [2.24, 2.45) is 17.3 Å². The number of hydrogen-bond acceptors (Lipinski definition) is 1. The minimum Gasteiger partial charge on any atom is -0.316 e. The lowest BCUT2D eigenvalue weighted by molar-refractivity contribution is 0.273. The maximum atomic E-state index is 3.48. The molecule has 1 fully saturated rings. The van der Waals surface area contributed by atoms with E-state index in [0.29, 0.717) is 5.41 Å². The maximum Gasteiger partial charge on any atom is 0.0115 e. The lowest BCUT2D eigenvalue weighted by atomic mass is 9.85. The second kappa shape index (κ2) is 4.00. The van der Waals surface area contributed by atoms with E-state index in [1.54, 1.807) is 0 Å². The van der Waals surface area contributed by atoms with Gasteiger partial charge in [0.1, 0.15) is 0 Å². The fraction of sp³-hybridized carbons (Fsp3) is 1.00. The largest absolute Gasteiger partial charge is 0.316 e. The highest BCUT2D eigenvalue weighted by molar-refractivity contribution is 4.89. The van der Waals surface area contributed by atoms with Gasteiger partial charge in [0.15, 0.2) is 0 Å². The smallest absolute Gasteiger partial charge is 0.0115 e. The van der Waals surface area contributed by atoms with Gasteiger partial charge in [0.2, 0.25) is 0 Å². The van der Waals surface area contributed by atoms with Crippen LogP contribution in [0.15, 0.2) is 0 Å². The van der Waals surface area contributed by atoms with Crippen molar-refractivity contribution in [1.82, 2.24) is 5.32 Å². The zero-order valence-corrected chi connectivity index (χ0v) is 9.85. The molecule has 0 radical (unpaired) electrons. The molecule has 0 spiro atoms. The van der Waals surface area contributed by atoms with Crippen LogP contribution in [0.5, 0.6) is 0 Å². The summed E-state index contributed by atoms with van der Waals surface area (Å²) in [6.45, 7) is 9.46. The van der Waals surface area contributed by atoms with Gasteiger partial charge < -0.3 is 5.32 Å². The molecule has 1 nitrogen and oxygen atoms in total. The van der Waals surface area contributed by atoms with Gasteiger partial charge in [-0.25, -0.2) is 0 Å². The number of hydrogen-bond donors (Lipinski definition) is 1. The molecule has 0 saturated heterocycles. The highest BCUT2D eigenvalue weighted by atomic mass is 14.9. The van der Waals surface area contributed by atoms with Crippen LogP contribution in [0.1, 0.15) is 47.0 Å². The number of rotatable bonds is 3. The van der Waals surface area contributed by atoms with Crippen molar-refractivity contribution in [3.05, 3.63) is 0 Å². The van der Waals surface area contributed by atoms with E-state index < -0.39 is 0 Å². The molecule has 0 aromatic rings. The zero-order chi connectivity index (χ0) is 10.1. The van der Waals surface area contributed by atoms with Gasteiger partial charge in [0, 0.05) is 6.04 Å². The van der Waals surface area contributed by atoms with E-state index in [1.165, 1.54) is 19.3 Å². The first-order valence-corrected chi connectivity index (χ1v) is 5.63. The molecule has 0 aliphatic heterocycles. The Morgan fingerprint density at radius 2 is 1.92 bits per heavy atom. The Bertz CT molecular complexity index is 161. The van der Waals surface area contributed by atoms with E-state index >= 15 is 0 Å². The van der Waals surface area contributed by atoms with E-state index in [-0.39, 0.29) is 0 Å². The van der Waals surface area contributed by atoms with Crippen molar-refractivity contribution in [2.75, 3.05) is 7.05 Å². The Morgan fingerprint density at radius 3 is 2.23 bits per heavy atom. The minimum atomic E-state index is 0.592. The molecular weight excluding hydrogens is 158 g/mol. The molecule has 13 heavy (non-hydrogen) atoms. The van der Waals surface area contributed by atoms with Crippen molar-refractivity contribution >= 4 is 0 Å². The standard InChI is InChI=1S/C12H25N/c1-9(2)11(13-5)10-6-7-12(3,4)8-10/h9-11,13H,6-8H2,1-5H3. The fourth-order valence-corrected chi connectivity index (χ4v) is 2.91. The van der Waals surface area contributed by atoms with E-state index in [0.717, 1.165) is 17.9 Å². The molecule has 0 amide bonds. The van der Waals surface area contributed by atoms with Gasteiger partial charge >= 0.3 is 0 Å². The van der Waals surface area contributed by atoms with Crippen LogP contribution in [0.2, 0.25) is 0 Å². The van der Waals surface area contributed by atoms with Crippen LogP contribution in [0, 0.1) is 17.3 Å². The van der Waals surface area contributed by atoms with Crippen molar-refractivity contribution in [1.29, 1.82) is 0 Å². The monoisotopic (exact) mass is 183 g/mol. The average Bonchev–Trinajstić information content (AvgIpc) is 2.31. The van der Waals surface area contributed by atoms with Gasteiger partial charge in [-0.2, -0.15) is 0 Å². The van der Waals surface area contributed by atoms with E-state index in [2.05, 4.69) is 40.1 Å². The van der Waals surface area contributed by atoms with Crippen molar-refractivity contribution in [3.63, 3.8) is 0 Å². The summed E-state index contributed by atoms with van der Waals surface area (Å²) in [5.74, 6) is 1.67. The second-order valence-corrected chi connectivity index (χ2v) is 5.73. The van der Waals surface area contributed by atoms with Gasteiger partial charge in [0.25, 0.3) is 0 Å². The molecule has 1 heteroatoms. The lowest BCUT2D eigenvalue weighted by Crippen LogP contribution is -2.37. The summed E-state index contributed by atoms with van der Waals surface area (Å²) in [6, 6.07) is 0.724. The summed E-state index contributed by atoms with van der Waals surface area (Å²) in [5, 5.41) is 3.48. The van der Waals surface area contributed by atoms with Crippen LogP contribution in [-0.2, 0) is 0 Å². The highest BCUT2D eigenvalue weighted by Crippen LogP contribution is 2.43. The Labute approximate surface area is 83.3 Å². The normalized spacial score (nSPS) is 29.5. The predicted molar refractivity (Wildman–Crippen MR) is 58.8 cm³/mol. The van der Waals surface area contributed by atoms with Crippen LogP contribution in [0.4, 0.5) is 0 Å². The highest BCUT2D eigenvalue weighted by Gasteiger charge is 2.35. The van der Waals surface area contributed by atoms with E-state index in [4.69, 9.17) is 0 Å². The summed E-state index contributed by atoms with van der Waals surface area (Å²) in [4.78, 5) is 0. The molecule has 1 N–H and O–H groups in total. The summed E-state index contributed by atoms with van der Waals surface area (Å²) in [6.07, 6.45) is 4.22. The lowest BCUT2D eigenvalue weighted by Gasteiger charge is -2.28. The SMILES string of the molecule is CNC(C(C)C)C1CCC(C)(C)C1.